The molecule has 0 amide bonds. The fourth-order valence-electron chi connectivity index (χ4n) is 9.51. The number of nitrogens with zero attached hydrogens (tertiary/aromatic N) is 5. The normalized spacial score (nSPS) is 11.8. The number of benzene rings is 9. The van der Waals surface area contributed by atoms with E-state index in [1.165, 1.54) is 21.8 Å². The SMILES string of the molecule is c1ccc(-c2nc(-c3ccccc3)nc(-c3cc4c5ccccc5oc4c4c3c3ccccc3n4-c3ccc(-c4ccc5c6ccccc6n(-c6ccccc6)c5c4)cc3)n2)cc1. The van der Waals surface area contributed by atoms with Gasteiger partial charge in [-0.05, 0) is 65.7 Å². The predicted molar refractivity (Wildman–Crippen MR) is 258 cm³/mol. The number of para-hydroxylation sites is 4. The first-order valence-electron chi connectivity index (χ1n) is 21.2. The molecule has 4 aromatic heterocycles. The Morgan fingerprint density at radius 3 is 1.56 bits per heavy atom. The zero-order valence-electron chi connectivity index (χ0n) is 33.9. The summed E-state index contributed by atoms with van der Waals surface area (Å²) < 4.78 is 11.6. The summed E-state index contributed by atoms with van der Waals surface area (Å²) in [6.45, 7) is 0. The zero-order valence-corrected chi connectivity index (χ0v) is 33.9. The van der Waals surface area contributed by atoms with Gasteiger partial charge in [0.1, 0.15) is 5.58 Å². The van der Waals surface area contributed by atoms with E-state index in [1.807, 2.05) is 72.8 Å². The van der Waals surface area contributed by atoms with E-state index >= 15 is 0 Å². The van der Waals surface area contributed by atoms with Gasteiger partial charge in [0.25, 0.3) is 0 Å². The van der Waals surface area contributed by atoms with Gasteiger partial charge in [0.2, 0.25) is 0 Å². The molecule has 0 spiro atoms. The van der Waals surface area contributed by atoms with Crippen molar-refractivity contribution < 1.29 is 4.42 Å². The molecule has 6 nitrogen and oxygen atoms in total. The summed E-state index contributed by atoms with van der Waals surface area (Å²) in [5.41, 5.74) is 13.2. The summed E-state index contributed by atoms with van der Waals surface area (Å²) in [7, 11) is 0. The first-order chi connectivity index (χ1) is 31.2. The van der Waals surface area contributed by atoms with Crippen molar-refractivity contribution >= 4 is 65.6 Å². The van der Waals surface area contributed by atoms with Crippen LogP contribution in [0.15, 0.2) is 217 Å². The van der Waals surface area contributed by atoms with Gasteiger partial charge in [-0.1, -0.05) is 158 Å². The number of aromatic nitrogens is 5. The first-order valence-corrected chi connectivity index (χ1v) is 21.2. The Morgan fingerprint density at radius 2 is 0.857 bits per heavy atom. The van der Waals surface area contributed by atoms with Gasteiger partial charge in [0.05, 0.1) is 22.1 Å². The molecule has 4 heterocycles. The molecular weight excluding hydrogens is 771 g/mol. The van der Waals surface area contributed by atoms with Gasteiger partial charge < -0.3 is 13.6 Å². The molecular formula is C57H35N5O. The van der Waals surface area contributed by atoms with Crippen molar-refractivity contribution in [1.82, 2.24) is 24.1 Å². The van der Waals surface area contributed by atoms with Crippen molar-refractivity contribution in [3.8, 4) is 56.7 Å². The first kappa shape index (κ1) is 35.2. The Hall–Kier alpha value is -8.61. The highest BCUT2D eigenvalue weighted by Gasteiger charge is 2.25. The monoisotopic (exact) mass is 805 g/mol. The lowest BCUT2D eigenvalue weighted by Gasteiger charge is -2.12. The Labute approximate surface area is 361 Å². The third-order valence-corrected chi connectivity index (χ3v) is 12.4. The van der Waals surface area contributed by atoms with E-state index in [4.69, 9.17) is 19.4 Å². The maximum absolute atomic E-state index is 6.86. The zero-order chi connectivity index (χ0) is 41.4. The second kappa shape index (κ2) is 14.0. The summed E-state index contributed by atoms with van der Waals surface area (Å²) in [5, 5.41) is 6.60. The van der Waals surface area contributed by atoms with Crippen LogP contribution in [0.2, 0.25) is 0 Å². The summed E-state index contributed by atoms with van der Waals surface area (Å²) in [4.78, 5) is 15.5. The fourth-order valence-corrected chi connectivity index (χ4v) is 9.51. The van der Waals surface area contributed by atoms with Crippen LogP contribution in [0.1, 0.15) is 0 Å². The van der Waals surface area contributed by atoms with E-state index in [0.29, 0.717) is 17.5 Å². The molecule has 0 aliphatic rings. The molecule has 6 heteroatoms. The van der Waals surface area contributed by atoms with Crippen molar-refractivity contribution in [2.75, 3.05) is 0 Å². The van der Waals surface area contributed by atoms with Crippen molar-refractivity contribution in [1.29, 1.82) is 0 Å². The van der Waals surface area contributed by atoms with E-state index in [9.17, 15) is 0 Å². The van der Waals surface area contributed by atoms with Gasteiger partial charge in [0.15, 0.2) is 23.1 Å². The lowest BCUT2D eigenvalue weighted by atomic mass is 10.0. The summed E-state index contributed by atoms with van der Waals surface area (Å²) in [5.74, 6) is 1.83. The number of furan rings is 1. The van der Waals surface area contributed by atoms with Gasteiger partial charge >= 0.3 is 0 Å². The van der Waals surface area contributed by atoms with Gasteiger partial charge in [0, 0.05) is 60.4 Å². The molecule has 13 aromatic rings. The minimum atomic E-state index is 0.599. The molecule has 0 bridgehead atoms. The Morgan fingerprint density at radius 1 is 0.333 bits per heavy atom. The van der Waals surface area contributed by atoms with Crippen molar-refractivity contribution in [2.24, 2.45) is 0 Å². The Bertz CT molecular complexity index is 3830. The van der Waals surface area contributed by atoms with Crippen molar-refractivity contribution in [3.63, 3.8) is 0 Å². The Balaban J connectivity index is 1.04. The van der Waals surface area contributed by atoms with E-state index in [1.54, 1.807) is 0 Å². The van der Waals surface area contributed by atoms with Gasteiger partial charge in [-0.2, -0.15) is 0 Å². The predicted octanol–water partition coefficient (Wildman–Crippen LogP) is 14.6. The third kappa shape index (κ3) is 5.55. The molecule has 0 atom stereocenters. The second-order valence-electron chi connectivity index (χ2n) is 16.0. The van der Waals surface area contributed by atoms with E-state index in [2.05, 4.69) is 149 Å². The van der Waals surface area contributed by atoms with Crippen LogP contribution in [0.4, 0.5) is 0 Å². The average Bonchev–Trinajstić information content (AvgIpc) is 4.02. The van der Waals surface area contributed by atoms with Crippen LogP contribution in [0.25, 0.3) is 122 Å². The minimum Gasteiger partial charge on any atom is -0.454 e. The number of fused-ring (bicyclic) bond motifs is 10. The molecule has 0 aliphatic heterocycles. The molecule has 13 rings (SSSR count). The summed E-state index contributed by atoms with van der Waals surface area (Å²) in [6.07, 6.45) is 0. The molecule has 63 heavy (non-hydrogen) atoms. The van der Waals surface area contributed by atoms with Crippen LogP contribution in [-0.2, 0) is 0 Å². The van der Waals surface area contributed by atoms with E-state index < -0.39 is 0 Å². The highest BCUT2D eigenvalue weighted by atomic mass is 16.3. The number of hydrogen-bond acceptors (Lipinski definition) is 4. The van der Waals surface area contributed by atoms with E-state index in [-0.39, 0.29) is 0 Å². The molecule has 294 valence electrons. The molecule has 0 radical (unpaired) electrons. The summed E-state index contributed by atoms with van der Waals surface area (Å²) in [6, 6.07) is 74.4. The highest BCUT2D eigenvalue weighted by molar-refractivity contribution is 6.26. The van der Waals surface area contributed by atoms with Crippen LogP contribution < -0.4 is 0 Å². The third-order valence-electron chi connectivity index (χ3n) is 12.4. The average molecular weight is 806 g/mol. The number of rotatable bonds is 6. The largest absolute Gasteiger partial charge is 0.454 e. The quantitative estimate of drug-likeness (QED) is 0.168. The summed E-state index contributed by atoms with van der Waals surface area (Å²) >= 11 is 0. The topological polar surface area (TPSA) is 61.7 Å². The molecule has 9 aromatic carbocycles. The molecule has 0 saturated heterocycles. The fraction of sp³-hybridized carbons (Fsp3) is 0. The van der Waals surface area contributed by atoms with Crippen LogP contribution in [0.5, 0.6) is 0 Å². The lowest BCUT2D eigenvalue weighted by Crippen LogP contribution is -2.00. The van der Waals surface area contributed by atoms with Crippen LogP contribution in [0.3, 0.4) is 0 Å². The Kier molecular flexibility index (Phi) is 7.80. The minimum absolute atomic E-state index is 0.599. The molecule has 0 aliphatic carbocycles. The maximum Gasteiger partial charge on any atom is 0.164 e. The molecule has 0 saturated carbocycles. The van der Waals surface area contributed by atoms with Gasteiger partial charge in [-0.3, -0.25) is 0 Å². The van der Waals surface area contributed by atoms with Crippen LogP contribution >= 0.6 is 0 Å². The van der Waals surface area contributed by atoms with Crippen LogP contribution in [-0.4, -0.2) is 24.1 Å². The van der Waals surface area contributed by atoms with E-state index in [0.717, 1.165) is 82.9 Å². The lowest BCUT2D eigenvalue weighted by molar-refractivity contribution is 0.671. The van der Waals surface area contributed by atoms with Crippen LogP contribution in [0, 0.1) is 0 Å². The molecule has 0 fully saturated rings. The second-order valence-corrected chi connectivity index (χ2v) is 16.0. The van der Waals surface area contributed by atoms with Gasteiger partial charge in [-0.25, -0.2) is 15.0 Å². The smallest absolute Gasteiger partial charge is 0.164 e. The van der Waals surface area contributed by atoms with Gasteiger partial charge in [-0.15, -0.1) is 0 Å². The number of hydrogen-bond donors (Lipinski definition) is 0. The standard InChI is InChI=1S/C57H35N5O/c1-4-16-37(17-5-1)55-58-56(38-18-6-2-7-19-38)60-57(59-55)47-35-46-44-23-12-15-27-51(44)63-54(46)53-52(47)45-24-11-14-26-49(45)62(53)41-31-28-36(29-32-41)39-30-33-43-42-22-10-13-25-48(42)61(50(43)34-39)40-20-8-3-9-21-40/h1-35H. The molecule has 0 unspecified atom stereocenters. The van der Waals surface area contributed by atoms with Crippen molar-refractivity contribution in [3.05, 3.63) is 212 Å². The molecule has 0 N–H and O–H groups in total. The van der Waals surface area contributed by atoms with Crippen molar-refractivity contribution in [2.45, 2.75) is 0 Å². The maximum atomic E-state index is 6.86. The highest BCUT2D eigenvalue weighted by Crippen LogP contribution is 2.45.